The monoisotopic (exact) mass is 409 g/mol. The van der Waals surface area contributed by atoms with Gasteiger partial charge in [0.1, 0.15) is 17.6 Å². The molecule has 2 aliphatic rings. The Morgan fingerprint density at radius 3 is 2.52 bits per heavy atom. The van der Waals surface area contributed by atoms with Gasteiger partial charge in [-0.25, -0.2) is 0 Å². The number of ether oxygens (including phenoxy) is 1. The van der Waals surface area contributed by atoms with Crippen LogP contribution in [0.4, 0.5) is 0 Å². The van der Waals surface area contributed by atoms with Crippen molar-refractivity contribution in [1.82, 2.24) is 4.90 Å². The van der Waals surface area contributed by atoms with E-state index in [0.29, 0.717) is 12.2 Å². The van der Waals surface area contributed by atoms with E-state index < -0.39 is 5.60 Å². The number of phenols is 1. The third kappa shape index (κ3) is 4.88. The van der Waals surface area contributed by atoms with Crippen molar-refractivity contribution in [2.45, 2.75) is 37.4 Å². The Labute approximate surface area is 171 Å². The van der Waals surface area contributed by atoms with Crippen molar-refractivity contribution >= 4 is 24.0 Å². The lowest BCUT2D eigenvalue weighted by Crippen LogP contribution is -2.48. The summed E-state index contributed by atoms with van der Waals surface area (Å²) in [4.78, 5) is 2.37. The molecule has 4 nitrogen and oxygen atoms in total. The number of hydrogen-bond donors (Lipinski definition) is 2. The minimum atomic E-state index is -0.643. The summed E-state index contributed by atoms with van der Waals surface area (Å²) in [6.45, 7) is 2.59. The van der Waals surface area contributed by atoms with E-state index in [4.69, 9.17) is 16.3 Å². The first kappa shape index (κ1) is 20.3. The van der Waals surface area contributed by atoms with Crippen LogP contribution in [0.2, 0.25) is 5.02 Å². The molecule has 1 saturated heterocycles. The highest BCUT2D eigenvalue weighted by Crippen LogP contribution is 2.33. The lowest BCUT2D eigenvalue weighted by atomic mass is 9.85. The second-order valence-corrected chi connectivity index (χ2v) is 8.00. The molecule has 2 heterocycles. The summed E-state index contributed by atoms with van der Waals surface area (Å²) in [5.41, 5.74) is 1.56. The van der Waals surface area contributed by atoms with E-state index in [0.717, 1.165) is 60.8 Å². The molecule has 1 unspecified atom stereocenters. The molecule has 2 aromatic carbocycles. The first-order valence-corrected chi connectivity index (χ1v) is 9.55. The summed E-state index contributed by atoms with van der Waals surface area (Å²) in [5, 5.41) is 21.2. The minimum absolute atomic E-state index is 0. The average Bonchev–Trinajstić information content (AvgIpc) is 3.01. The molecule has 146 valence electrons. The van der Waals surface area contributed by atoms with Gasteiger partial charge in [0.15, 0.2) is 0 Å². The van der Waals surface area contributed by atoms with E-state index in [1.54, 1.807) is 12.1 Å². The highest BCUT2D eigenvalue weighted by atomic mass is 35.5. The van der Waals surface area contributed by atoms with Gasteiger partial charge in [-0.05, 0) is 48.7 Å². The van der Waals surface area contributed by atoms with Crippen molar-refractivity contribution in [3.05, 3.63) is 58.6 Å². The fourth-order valence-electron chi connectivity index (χ4n) is 4.01. The highest BCUT2D eigenvalue weighted by molar-refractivity contribution is 6.30. The van der Waals surface area contributed by atoms with Crippen LogP contribution in [0.1, 0.15) is 24.0 Å². The molecular formula is C21H25Cl2NO3. The lowest BCUT2D eigenvalue weighted by Gasteiger charge is -2.39. The maximum atomic E-state index is 10.9. The van der Waals surface area contributed by atoms with Gasteiger partial charge in [-0.1, -0.05) is 23.7 Å². The normalized spacial score (nSPS) is 21.2. The average molecular weight is 410 g/mol. The van der Waals surface area contributed by atoms with E-state index in [2.05, 4.69) is 4.90 Å². The Bertz CT molecular complexity index is 773. The van der Waals surface area contributed by atoms with Crippen molar-refractivity contribution in [1.29, 1.82) is 0 Å². The summed E-state index contributed by atoms with van der Waals surface area (Å²) in [7, 11) is 0. The Morgan fingerprint density at radius 2 is 1.81 bits per heavy atom. The minimum Gasteiger partial charge on any atom is -0.508 e. The first-order chi connectivity index (χ1) is 12.5. The fraction of sp³-hybridized carbons (Fsp3) is 0.429. The Kier molecular flexibility index (Phi) is 6.21. The number of benzene rings is 2. The molecular weight excluding hydrogens is 385 g/mol. The largest absolute Gasteiger partial charge is 0.508 e. The van der Waals surface area contributed by atoms with Crippen molar-refractivity contribution in [3.63, 3.8) is 0 Å². The molecule has 1 fully saturated rings. The number of rotatable bonds is 4. The van der Waals surface area contributed by atoms with Crippen molar-refractivity contribution in [3.8, 4) is 11.5 Å². The molecule has 0 aliphatic carbocycles. The Morgan fingerprint density at radius 1 is 1.11 bits per heavy atom. The zero-order valence-corrected chi connectivity index (χ0v) is 16.7. The van der Waals surface area contributed by atoms with Gasteiger partial charge in [0.05, 0.1) is 5.60 Å². The number of aliphatic hydroxyl groups is 1. The Balaban J connectivity index is 0.00000210. The number of aromatic hydroxyl groups is 1. The summed E-state index contributed by atoms with van der Waals surface area (Å²) in [6, 6.07) is 13.0. The SMILES string of the molecule is Cl.Oc1ccc2c(c1)CC(CN1CCC(O)(Cc3ccc(Cl)cc3)CC1)O2. The zero-order chi connectivity index (χ0) is 18.1. The summed E-state index contributed by atoms with van der Waals surface area (Å²) in [5.74, 6) is 1.17. The van der Waals surface area contributed by atoms with Gasteiger partial charge in [0, 0.05) is 43.1 Å². The number of fused-ring (bicyclic) bond motifs is 1. The van der Waals surface area contributed by atoms with Crippen LogP contribution in [0.25, 0.3) is 0 Å². The summed E-state index contributed by atoms with van der Waals surface area (Å²) < 4.78 is 6.00. The van der Waals surface area contributed by atoms with Crippen molar-refractivity contribution < 1.29 is 14.9 Å². The molecule has 2 N–H and O–H groups in total. The van der Waals surface area contributed by atoms with Crippen molar-refractivity contribution in [2.24, 2.45) is 0 Å². The van der Waals surface area contributed by atoms with Crippen LogP contribution in [0, 0.1) is 0 Å². The predicted octanol–water partition coefficient (Wildman–Crippen LogP) is 3.84. The van der Waals surface area contributed by atoms with E-state index >= 15 is 0 Å². The standard InChI is InChI=1S/C21H24ClNO3.ClH/c22-17-3-1-15(2-4-17)13-21(25)7-9-23(10-8-21)14-19-12-16-11-18(24)5-6-20(16)26-19;/h1-6,11,19,24-25H,7-10,12-14H2;1H. The first-order valence-electron chi connectivity index (χ1n) is 9.17. The molecule has 2 aliphatic heterocycles. The molecule has 6 heteroatoms. The number of piperidine rings is 1. The smallest absolute Gasteiger partial charge is 0.123 e. The van der Waals surface area contributed by atoms with Crippen LogP contribution in [0.15, 0.2) is 42.5 Å². The maximum absolute atomic E-state index is 10.9. The molecule has 1 atom stereocenters. The van der Waals surface area contributed by atoms with Crippen LogP contribution < -0.4 is 4.74 Å². The molecule has 0 aromatic heterocycles. The van der Waals surface area contributed by atoms with Gasteiger partial charge in [-0.2, -0.15) is 0 Å². The van der Waals surface area contributed by atoms with E-state index in [1.807, 2.05) is 30.3 Å². The quantitative estimate of drug-likeness (QED) is 0.805. The van der Waals surface area contributed by atoms with Crippen LogP contribution in [0.5, 0.6) is 11.5 Å². The zero-order valence-electron chi connectivity index (χ0n) is 15.1. The topological polar surface area (TPSA) is 52.9 Å². The number of halogens is 2. The molecule has 0 amide bonds. The molecule has 2 aromatic rings. The van der Waals surface area contributed by atoms with Crippen LogP contribution in [0.3, 0.4) is 0 Å². The van der Waals surface area contributed by atoms with Gasteiger partial charge >= 0.3 is 0 Å². The predicted molar refractivity (Wildman–Crippen MR) is 109 cm³/mol. The fourth-order valence-corrected chi connectivity index (χ4v) is 4.13. The molecule has 0 bridgehead atoms. The highest BCUT2D eigenvalue weighted by Gasteiger charge is 2.34. The lowest BCUT2D eigenvalue weighted by molar-refractivity contribution is -0.0264. The van der Waals surface area contributed by atoms with E-state index in [9.17, 15) is 10.2 Å². The number of nitrogens with zero attached hydrogens (tertiary/aromatic N) is 1. The molecule has 27 heavy (non-hydrogen) atoms. The van der Waals surface area contributed by atoms with Gasteiger partial charge in [0.2, 0.25) is 0 Å². The number of phenolic OH excluding ortho intramolecular Hbond substituents is 1. The van der Waals surface area contributed by atoms with Gasteiger partial charge in [-0.15, -0.1) is 12.4 Å². The van der Waals surface area contributed by atoms with E-state index in [-0.39, 0.29) is 18.5 Å². The third-order valence-electron chi connectivity index (χ3n) is 5.48. The van der Waals surface area contributed by atoms with Crippen LogP contribution in [-0.4, -0.2) is 46.5 Å². The van der Waals surface area contributed by atoms with Gasteiger partial charge in [-0.3, -0.25) is 4.90 Å². The molecule has 0 radical (unpaired) electrons. The summed E-state index contributed by atoms with van der Waals surface area (Å²) >= 11 is 5.94. The van der Waals surface area contributed by atoms with Crippen LogP contribution >= 0.6 is 24.0 Å². The van der Waals surface area contributed by atoms with Gasteiger partial charge < -0.3 is 14.9 Å². The summed E-state index contributed by atoms with van der Waals surface area (Å²) in [6.07, 6.45) is 3.14. The number of hydrogen-bond acceptors (Lipinski definition) is 4. The van der Waals surface area contributed by atoms with Crippen molar-refractivity contribution in [2.75, 3.05) is 19.6 Å². The van der Waals surface area contributed by atoms with Crippen LogP contribution in [-0.2, 0) is 12.8 Å². The maximum Gasteiger partial charge on any atom is 0.123 e. The molecule has 0 spiro atoms. The van der Waals surface area contributed by atoms with E-state index in [1.165, 1.54) is 0 Å². The van der Waals surface area contributed by atoms with Gasteiger partial charge in [0.25, 0.3) is 0 Å². The molecule has 4 rings (SSSR count). The second-order valence-electron chi connectivity index (χ2n) is 7.56. The number of likely N-dealkylation sites (tertiary alicyclic amines) is 1. The Hall–Kier alpha value is -1.46. The second kappa shape index (κ2) is 8.27. The molecule has 0 saturated carbocycles. The third-order valence-corrected chi connectivity index (χ3v) is 5.73.